The second-order valence-corrected chi connectivity index (χ2v) is 8.37. The van der Waals surface area contributed by atoms with Crippen molar-refractivity contribution in [2.75, 3.05) is 24.2 Å². The Morgan fingerprint density at radius 2 is 2.19 bits per heavy atom. The fourth-order valence-electron chi connectivity index (χ4n) is 3.42. The first-order valence-corrected chi connectivity index (χ1v) is 8.96. The number of anilines is 1. The summed E-state index contributed by atoms with van der Waals surface area (Å²) in [5, 5.41) is 2.60. The molecule has 0 aromatic heterocycles. The van der Waals surface area contributed by atoms with Gasteiger partial charge in [0.15, 0.2) is 9.84 Å². The number of benzene rings is 1. The number of nitrogens with zero attached hydrogens (tertiary/aromatic N) is 1. The third kappa shape index (κ3) is 3.11. The second kappa shape index (κ2) is 5.42. The van der Waals surface area contributed by atoms with Crippen molar-refractivity contribution >= 4 is 21.4 Å². The molecule has 0 saturated carbocycles. The molecule has 2 saturated heterocycles. The van der Waals surface area contributed by atoms with Gasteiger partial charge in [-0.05, 0) is 30.0 Å². The molecular formula is C15H20N2O3S. The predicted molar refractivity (Wildman–Crippen MR) is 81.7 cm³/mol. The number of sulfone groups is 1. The number of rotatable bonds is 3. The Bertz CT molecular complexity index is 657. The lowest BCUT2D eigenvalue weighted by molar-refractivity contribution is -0.114. The van der Waals surface area contributed by atoms with Crippen LogP contribution in [-0.4, -0.2) is 43.3 Å². The van der Waals surface area contributed by atoms with Gasteiger partial charge in [-0.15, -0.1) is 0 Å². The van der Waals surface area contributed by atoms with E-state index in [2.05, 4.69) is 10.2 Å². The van der Waals surface area contributed by atoms with Crippen molar-refractivity contribution in [3.05, 3.63) is 29.8 Å². The van der Waals surface area contributed by atoms with Crippen LogP contribution in [0.5, 0.6) is 0 Å². The lowest BCUT2D eigenvalue weighted by atomic mass is 10.1. The van der Waals surface area contributed by atoms with Gasteiger partial charge < -0.3 is 5.32 Å². The molecule has 2 heterocycles. The van der Waals surface area contributed by atoms with E-state index in [4.69, 9.17) is 0 Å². The van der Waals surface area contributed by atoms with Gasteiger partial charge in [-0.1, -0.05) is 12.1 Å². The van der Waals surface area contributed by atoms with E-state index in [0.29, 0.717) is 18.2 Å². The quantitative estimate of drug-likeness (QED) is 0.913. The number of carbonyl (C=O) groups excluding carboxylic acids is 1. The van der Waals surface area contributed by atoms with Crippen LogP contribution in [0, 0.1) is 5.92 Å². The van der Waals surface area contributed by atoms with Gasteiger partial charge in [-0.3, -0.25) is 9.69 Å². The summed E-state index contributed by atoms with van der Waals surface area (Å²) in [6.07, 6.45) is 0.801. The van der Waals surface area contributed by atoms with Gasteiger partial charge in [0.2, 0.25) is 5.91 Å². The maximum absolute atomic E-state index is 11.9. The minimum atomic E-state index is -2.87. The first kappa shape index (κ1) is 14.5. The molecule has 114 valence electrons. The van der Waals surface area contributed by atoms with Gasteiger partial charge in [0.25, 0.3) is 0 Å². The molecule has 2 atom stereocenters. The highest BCUT2D eigenvalue weighted by molar-refractivity contribution is 7.92. The van der Waals surface area contributed by atoms with Crippen molar-refractivity contribution in [1.29, 1.82) is 0 Å². The van der Waals surface area contributed by atoms with Gasteiger partial charge >= 0.3 is 0 Å². The first-order chi connectivity index (χ1) is 9.94. The molecule has 6 heteroatoms. The largest absolute Gasteiger partial charge is 0.326 e. The van der Waals surface area contributed by atoms with Crippen LogP contribution in [0.2, 0.25) is 0 Å². The average molecular weight is 308 g/mol. The number of amides is 1. The Kier molecular flexibility index (Phi) is 3.75. The summed E-state index contributed by atoms with van der Waals surface area (Å²) in [5.41, 5.74) is 1.88. The standard InChI is InChI=1S/C15H20N2O3S/c1-11(18)16-14-4-2-3-12(7-14)8-17-9-13-5-6-21(19,20)15(13)10-17/h2-4,7,13,15H,5-6,8-10H2,1H3,(H,16,18)/t13-,15+/m0/s1. The van der Waals surface area contributed by atoms with Crippen LogP contribution >= 0.6 is 0 Å². The van der Waals surface area contributed by atoms with E-state index in [1.165, 1.54) is 6.92 Å². The Hall–Kier alpha value is -1.40. The van der Waals surface area contributed by atoms with Crippen molar-refractivity contribution in [1.82, 2.24) is 4.90 Å². The molecule has 1 aromatic carbocycles. The van der Waals surface area contributed by atoms with Crippen LogP contribution in [0.3, 0.4) is 0 Å². The minimum absolute atomic E-state index is 0.0889. The molecule has 2 aliphatic heterocycles. The molecule has 0 bridgehead atoms. The van der Waals surface area contributed by atoms with Crippen LogP contribution in [0.25, 0.3) is 0 Å². The summed E-state index contributed by atoms with van der Waals surface area (Å²) in [6.45, 7) is 3.71. The number of carbonyl (C=O) groups is 1. The molecule has 0 spiro atoms. The van der Waals surface area contributed by atoms with E-state index in [9.17, 15) is 13.2 Å². The summed E-state index contributed by atoms with van der Waals surface area (Å²) in [6, 6.07) is 7.72. The van der Waals surface area contributed by atoms with Crippen LogP contribution in [0.1, 0.15) is 18.9 Å². The molecule has 1 N–H and O–H groups in total. The van der Waals surface area contributed by atoms with Gasteiger partial charge in [-0.25, -0.2) is 8.42 Å². The van der Waals surface area contributed by atoms with Gasteiger partial charge in [-0.2, -0.15) is 0 Å². The number of hydrogen-bond acceptors (Lipinski definition) is 4. The van der Waals surface area contributed by atoms with E-state index in [0.717, 1.165) is 30.8 Å². The van der Waals surface area contributed by atoms with Gasteiger partial charge in [0.1, 0.15) is 0 Å². The lowest BCUT2D eigenvalue weighted by Crippen LogP contribution is -2.26. The highest BCUT2D eigenvalue weighted by Gasteiger charge is 2.45. The van der Waals surface area contributed by atoms with E-state index < -0.39 is 9.84 Å². The summed E-state index contributed by atoms with van der Waals surface area (Å²) in [5.74, 6) is 0.566. The van der Waals surface area contributed by atoms with Crippen LogP contribution in [0.15, 0.2) is 24.3 Å². The fourth-order valence-corrected chi connectivity index (χ4v) is 5.60. The fraction of sp³-hybridized carbons (Fsp3) is 0.533. The first-order valence-electron chi connectivity index (χ1n) is 7.24. The normalized spacial score (nSPS) is 27.5. The molecule has 2 fully saturated rings. The highest BCUT2D eigenvalue weighted by atomic mass is 32.2. The maximum atomic E-state index is 11.9. The molecule has 0 radical (unpaired) electrons. The van der Waals surface area contributed by atoms with Crippen LogP contribution < -0.4 is 5.32 Å². The zero-order valence-corrected chi connectivity index (χ0v) is 12.9. The molecule has 0 aliphatic carbocycles. The Balaban J connectivity index is 1.67. The highest BCUT2D eigenvalue weighted by Crippen LogP contribution is 2.34. The molecule has 0 unspecified atom stereocenters. The van der Waals surface area contributed by atoms with E-state index >= 15 is 0 Å². The van der Waals surface area contributed by atoms with Gasteiger partial charge in [0.05, 0.1) is 11.0 Å². The monoisotopic (exact) mass is 308 g/mol. The molecule has 3 rings (SSSR count). The van der Waals surface area contributed by atoms with Crippen molar-refractivity contribution in [3.8, 4) is 0 Å². The zero-order valence-electron chi connectivity index (χ0n) is 12.1. The molecule has 1 aromatic rings. The predicted octanol–water partition coefficient (Wildman–Crippen LogP) is 1.26. The molecule has 21 heavy (non-hydrogen) atoms. The topological polar surface area (TPSA) is 66.5 Å². The summed E-state index contributed by atoms with van der Waals surface area (Å²) >= 11 is 0. The van der Waals surface area contributed by atoms with Crippen LogP contribution in [0.4, 0.5) is 5.69 Å². The lowest BCUT2D eigenvalue weighted by Gasteiger charge is -2.17. The van der Waals surface area contributed by atoms with Crippen molar-refractivity contribution in [2.24, 2.45) is 5.92 Å². The molecular weight excluding hydrogens is 288 g/mol. The second-order valence-electron chi connectivity index (χ2n) is 6.03. The SMILES string of the molecule is CC(=O)Nc1cccc(CN2C[C@@H]3CCS(=O)(=O)[C@@H]3C2)c1. The smallest absolute Gasteiger partial charge is 0.221 e. The van der Waals surface area contributed by atoms with E-state index in [1.54, 1.807) is 0 Å². The van der Waals surface area contributed by atoms with Gasteiger partial charge in [0, 0.05) is 32.2 Å². The van der Waals surface area contributed by atoms with Crippen LogP contribution in [-0.2, 0) is 21.2 Å². The zero-order chi connectivity index (χ0) is 15.0. The molecule has 1 amide bonds. The number of nitrogens with one attached hydrogen (secondary N) is 1. The average Bonchev–Trinajstić information content (AvgIpc) is 2.90. The number of hydrogen-bond donors (Lipinski definition) is 1. The Morgan fingerprint density at radius 1 is 1.38 bits per heavy atom. The Morgan fingerprint density at radius 3 is 2.90 bits per heavy atom. The number of likely N-dealkylation sites (tertiary alicyclic amines) is 1. The summed E-state index contributed by atoms with van der Waals surface area (Å²) in [7, 11) is -2.87. The maximum Gasteiger partial charge on any atom is 0.221 e. The summed E-state index contributed by atoms with van der Waals surface area (Å²) < 4.78 is 23.9. The summed E-state index contributed by atoms with van der Waals surface area (Å²) in [4.78, 5) is 13.3. The number of fused-ring (bicyclic) bond motifs is 1. The van der Waals surface area contributed by atoms with E-state index in [1.807, 2.05) is 24.3 Å². The molecule has 5 nitrogen and oxygen atoms in total. The molecule has 2 aliphatic rings. The van der Waals surface area contributed by atoms with Crippen molar-refractivity contribution < 1.29 is 13.2 Å². The van der Waals surface area contributed by atoms with Crippen molar-refractivity contribution in [2.45, 2.75) is 25.1 Å². The minimum Gasteiger partial charge on any atom is -0.326 e. The third-order valence-electron chi connectivity index (χ3n) is 4.34. The van der Waals surface area contributed by atoms with E-state index in [-0.39, 0.29) is 11.2 Å². The third-order valence-corrected chi connectivity index (χ3v) is 6.61. The van der Waals surface area contributed by atoms with Crippen molar-refractivity contribution in [3.63, 3.8) is 0 Å². The Labute approximate surface area is 125 Å².